The molecular formula is C12H8ClN3O3S. The van der Waals surface area contributed by atoms with Crippen molar-refractivity contribution in [1.29, 1.82) is 0 Å². The smallest absolute Gasteiger partial charge is 0.264 e. The molecule has 0 bridgehead atoms. The van der Waals surface area contributed by atoms with Crippen molar-refractivity contribution >= 4 is 32.3 Å². The molecule has 0 amide bonds. The van der Waals surface area contributed by atoms with E-state index in [1.165, 1.54) is 6.07 Å². The Balaban J connectivity index is 2.18. The van der Waals surface area contributed by atoms with E-state index in [4.69, 9.17) is 11.6 Å². The van der Waals surface area contributed by atoms with Gasteiger partial charge in [0.25, 0.3) is 5.56 Å². The molecule has 2 N–H and O–H groups in total. The molecule has 0 spiro atoms. The third kappa shape index (κ3) is 2.10. The molecule has 3 aromatic rings. The molecule has 0 fully saturated rings. The van der Waals surface area contributed by atoms with Crippen LogP contribution in [0.1, 0.15) is 0 Å². The fraction of sp³-hybridized carbons (Fsp3) is 0. The maximum Gasteiger partial charge on any atom is 0.264 e. The van der Waals surface area contributed by atoms with Crippen LogP contribution in [0.15, 0.2) is 51.2 Å². The number of aromatic nitrogens is 3. The van der Waals surface area contributed by atoms with Gasteiger partial charge in [-0.05, 0) is 24.3 Å². The van der Waals surface area contributed by atoms with E-state index in [1.807, 2.05) is 0 Å². The van der Waals surface area contributed by atoms with Crippen molar-refractivity contribution < 1.29 is 8.42 Å². The highest BCUT2D eigenvalue weighted by atomic mass is 35.5. The second kappa shape index (κ2) is 4.46. The van der Waals surface area contributed by atoms with Crippen LogP contribution < -0.4 is 5.56 Å². The first kappa shape index (κ1) is 12.9. The van der Waals surface area contributed by atoms with Gasteiger partial charge >= 0.3 is 0 Å². The number of nitrogens with zero attached hydrogens (tertiary/aromatic N) is 1. The second-order valence-corrected chi connectivity index (χ2v) is 6.43. The van der Waals surface area contributed by atoms with E-state index in [9.17, 15) is 13.2 Å². The van der Waals surface area contributed by atoms with Crippen molar-refractivity contribution in [3.63, 3.8) is 0 Å². The predicted octanol–water partition coefficient (Wildman–Crippen LogP) is 1.74. The lowest BCUT2D eigenvalue weighted by Crippen LogP contribution is -2.12. The van der Waals surface area contributed by atoms with Gasteiger partial charge in [0.1, 0.15) is 5.03 Å². The number of benzene rings is 1. The first-order valence-corrected chi connectivity index (χ1v) is 7.42. The zero-order chi connectivity index (χ0) is 14.3. The second-order valence-electron chi connectivity index (χ2n) is 4.13. The summed E-state index contributed by atoms with van der Waals surface area (Å²) in [7, 11) is -3.81. The van der Waals surface area contributed by atoms with Crippen molar-refractivity contribution in [2.45, 2.75) is 10.1 Å². The van der Waals surface area contributed by atoms with Crippen LogP contribution in [0.25, 0.3) is 10.9 Å². The Morgan fingerprint density at radius 3 is 2.60 bits per heavy atom. The molecule has 0 saturated heterocycles. The Morgan fingerprint density at radius 1 is 1.10 bits per heavy atom. The molecule has 3 rings (SSSR count). The quantitative estimate of drug-likeness (QED) is 0.753. The number of halogens is 1. The first-order valence-electron chi connectivity index (χ1n) is 5.56. The number of nitrogens with one attached hydrogen (secondary N) is 2. The van der Waals surface area contributed by atoms with Crippen molar-refractivity contribution in [2.24, 2.45) is 0 Å². The molecular weight excluding hydrogens is 302 g/mol. The third-order valence-electron chi connectivity index (χ3n) is 2.78. The van der Waals surface area contributed by atoms with Gasteiger partial charge in [-0.3, -0.25) is 4.79 Å². The van der Waals surface area contributed by atoms with Gasteiger partial charge in [-0.2, -0.15) is 5.10 Å². The molecule has 0 saturated carbocycles. The van der Waals surface area contributed by atoms with Crippen LogP contribution in [0.5, 0.6) is 0 Å². The van der Waals surface area contributed by atoms with E-state index in [0.29, 0.717) is 10.5 Å². The lowest BCUT2D eigenvalue weighted by molar-refractivity contribution is 0.587. The van der Waals surface area contributed by atoms with Crippen LogP contribution in [0.3, 0.4) is 0 Å². The number of aromatic amines is 2. The van der Waals surface area contributed by atoms with Gasteiger partial charge < -0.3 is 4.98 Å². The van der Waals surface area contributed by atoms with Gasteiger partial charge in [-0.1, -0.05) is 17.7 Å². The van der Waals surface area contributed by atoms with Crippen molar-refractivity contribution in [3.05, 3.63) is 51.8 Å². The van der Waals surface area contributed by atoms with E-state index >= 15 is 0 Å². The Bertz CT molecular complexity index is 939. The van der Waals surface area contributed by atoms with E-state index in [0.717, 1.165) is 17.5 Å². The van der Waals surface area contributed by atoms with Gasteiger partial charge in [0, 0.05) is 22.0 Å². The highest BCUT2D eigenvalue weighted by molar-refractivity contribution is 7.91. The zero-order valence-electron chi connectivity index (χ0n) is 9.92. The van der Waals surface area contributed by atoms with Gasteiger partial charge in [-0.15, -0.1) is 0 Å². The molecule has 20 heavy (non-hydrogen) atoms. The molecule has 0 aliphatic rings. The Kier molecular flexibility index (Phi) is 2.88. The summed E-state index contributed by atoms with van der Waals surface area (Å²) in [5, 5.41) is 6.63. The highest BCUT2D eigenvalue weighted by Crippen LogP contribution is 2.24. The maximum atomic E-state index is 12.4. The Labute approximate surface area is 118 Å². The predicted molar refractivity (Wildman–Crippen MR) is 73.6 cm³/mol. The molecule has 0 radical (unpaired) electrons. The summed E-state index contributed by atoms with van der Waals surface area (Å²) in [6, 6.07) is 8.79. The first-order chi connectivity index (χ1) is 9.46. The molecule has 0 unspecified atom stereocenters. The average Bonchev–Trinajstić information content (AvgIpc) is 2.83. The monoisotopic (exact) mass is 309 g/mol. The molecule has 8 heteroatoms. The summed E-state index contributed by atoms with van der Waals surface area (Å²) in [5.41, 5.74) is 0.146. The maximum absolute atomic E-state index is 12.4. The largest absolute Gasteiger partial charge is 0.345 e. The van der Waals surface area contributed by atoms with Gasteiger partial charge in [0.2, 0.25) is 9.84 Å². The van der Waals surface area contributed by atoms with E-state index in [1.54, 1.807) is 18.2 Å². The van der Waals surface area contributed by atoms with Crippen LogP contribution in [0.4, 0.5) is 0 Å². The van der Waals surface area contributed by atoms with Crippen LogP contribution in [0.2, 0.25) is 5.02 Å². The summed E-state index contributed by atoms with van der Waals surface area (Å²) in [5.74, 6) is 0. The van der Waals surface area contributed by atoms with Crippen molar-refractivity contribution in [2.75, 3.05) is 0 Å². The molecule has 0 aliphatic carbocycles. The minimum atomic E-state index is -3.81. The van der Waals surface area contributed by atoms with E-state index < -0.39 is 15.4 Å². The fourth-order valence-corrected chi connectivity index (χ4v) is 3.15. The summed E-state index contributed by atoms with van der Waals surface area (Å²) in [4.78, 5) is 13.7. The minimum absolute atomic E-state index is 0.00526. The number of sulfone groups is 1. The van der Waals surface area contributed by atoms with E-state index in [-0.39, 0.29) is 10.1 Å². The molecule has 6 nitrogen and oxygen atoms in total. The molecule has 102 valence electrons. The number of H-pyrrole nitrogens is 2. The number of hydrogen-bond acceptors (Lipinski definition) is 4. The van der Waals surface area contributed by atoms with Gasteiger partial charge in [0.05, 0.1) is 0 Å². The van der Waals surface area contributed by atoms with Crippen LogP contribution in [-0.2, 0) is 9.84 Å². The number of rotatable bonds is 2. The molecule has 2 heterocycles. The molecule has 0 atom stereocenters. The number of hydrogen-bond donors (Lipinski definition) is 2. The molecule has 2 aromatic heterocycles. The lowest BCUT2D eigenvalue weighted by atomic mass is 10.2. The van der Waals surface area contributed by atoms with Crippen molar-refractivity contribution in [3.8, 4) is 0 Å². The average molecular weight is 310 g/mol. The summed E-state index contributed by atoms with van der Waals surface area (Å²) in [6.45, 7) is 0. The van der Waals surface area contributed by atoms with Crippen LogP contribution in [0, 0.1) is 0 Å². The standard InChI is InChI=1S/C12H8ClN3O3S/c13-8-2-1-7-5-12(14-9(7)6-8)20(18,19)11-4-3-10(17)15-16-11/h1-6,14H,(H,15,17). The van der Waals surface area contributed by atoms with Crippen LogP contribution in [-0.4, -0.2) is 23.6 Å². The van der Waals surface area contributed by atoms with Gasteiger partial charge in [-0.25, -0.2) is 13.5 Å². The summed E-state index contributed by atoms with van der Waals surface area (Å²) < 4.78 is 24.7. The molecule has 1 aromatic carbocycles. The molecule has 0 aliphatic heterocycles. The number of fused-ring (bicyclic) bond motifs is 1. The Hall–Kier alpha value is -2.12. The summed E-state index contributed by atoms with van der Waals surface area (Å²) in [6.07, 6.45) is 0. The summed E-state index contributed by atoms with van der Waals surface area (Å²) >= 11 is 5.86. The van der Waals surface area contributed by atoms with Crippen LogP contribution >= 0.6 is 11.6 Å². The highest BCUT2D eigenvalue weighted by Gasteiger charge is 2.21. The minimum Gasteiger partial charge on any atom is -0.345 e. The SMILES string of the molecule is O=c1ccc(S(=O)(=O)c2cc3ccc(Cl)cc3[nH]2)n[nH]1. The lowest BCUT2D eigenvalue weighted by Gasteiger charge is -1.99. The third-order valence-corrected chi connectivity index (χ3v) is 4.59. The normalized spacial score (nSPS) is 11.8. The van der Waals surface area contributed by atoms with Gasteiger partial charge in [0.15, 0.2) is 5.03 Å². The fourth-order valence-electron chi connectivity index (χ4n) is 1.81. The van der Waals surface area contributed by atoms with E-state index in [2.05, 4.69) is 15.2 Å². The topological polar surface area (TPSA) is 95.7 Å². The zero-order valence-corrected chi connectivity index (χ0v) is 11.5. The van der Waals surface area contributed by atoms with Crippen molar-refractivity contribution in [1.82, 2.24) is 15.2 Å². The Morgan fingerprint density at radius 2 is 1.90 bits per heavy atom.